The lowest BCUT2D eigenvalue weighted by molar-refractivity contribution is 0.410. The molecule has 0 unspecified atom stereocenters. The highest BCUT2D eigenvalue weighted by Crippen LogP contribution is 2.43. The molecule has 230 valence electrons. The van der Waals surface area contributed by atoms with Crippen LogP contribution >= 0.6 is 0 Å². The van der Waals surface area contributed by atoms with Crippen LogP contribution in [0.15, 0.2) is 91.0 Å². The second kappa shape index (κ2) is 11.4. The average molecular weight is 628 g/mol. The minimum absolute atomic E-state index is 0.0600. The molecule has 0 saturated heterocycles. The molecule has 0 bridgehead atoms. The van der Waals surface area contributed by atoms with Crippen LogP contribution in [0.1, 0.15) is 12.7 Å². The molecule has 0 aliphatic heterocycles. The van der Waals surface area contributed by atoms with E-state index in [1.54, 1.807) is 0 Å². The Labute approximate surface area is 291 Å². The molecule has 0 aliphatic carbocycles. The second-order valence-electron chi connectivity index (χ2n) is 13.5. The average Bonchev–Trinajstić information content (AvgIpc) is 3.52. The van der Waals surface area contributed by atoms with Crippen LogP contribution in [0.25, 0.3) is 71.3 Å². The summed E-state index contributed by atoms with van der Waals surface area (Å²) < 4.78 is 2.27. The van der Waals surface area contributed by atoms with Gasteiger partial charge >= 0.3 is 0 Å². The van der Waals surface area contributed by atoms with E-state index >= 15 is 0 Å². The van der Waals surface area contributed by atoms with Crippen molar-refractivity contribution in [1.82, 2.24) is 9.55 Å². The number of rotatable bonds is 4. The highest BCUT2D eigenvalue weighted by molar-refractivity contribution is 6.68. The Morgan fingerprint density at radius 1 is 0.551 bits per heavy atom. The predicted molar refractivity (Wildman–Crippen MR) is 226 cm³/mol. The van der Waals surface area contributed by atoms with E-state index in [1.807, 2.05) is 27.8 Å². The van der Waals surface area contributed by atoms with Crippen molar-refractivity contribution in [1.29, 1.82) is 0 Å². The lowest BCUT2D eigenvalue weighted by atomic mass is 9.61. The Hall–Kier alpha value is -5.22. The van der Waals surface area contributed by atoms with E-state index < -0.39 is 0 Å². The Morgan fingerprint density at radius 3 is 1.71 bits per heavy atom. The van der Waals surface area contributed by atoms with Gasteiger partial charge in [-0.05, 0) is 95.8 Å². The lowest BCUT2D eigenvalue weighted by Crippen LogP contribution is -2.48. The van der Waals surface area contributed by atoms with E-state index in [4.69, 9.17) is 4.98 Å². The summed E-state index contributed by atoms with van der Waals surface area (Å²) in [6.45, 7) is 2.15. The van der Waals surface area contributed by atoms with Crippen molar-refractivity contribution >= 4 is 123 Å². The molecule has 2 N–H and O–H groups in total. The first-order valence-corrected chi connectivity index (χ1v) is 17.1. The number of aromatic nitrogens is 2. The quantitative estimate of drug-likeness (QED) is 0.155. The first-order valence-electron chi connectivity index (χ1n) is 17.1. The predicted octanol–water partition coefficient (Wildman–Crippen LogP) is -0.657. The van der Waals surface area contributed by atoms with Gasteiger partial charge in [0.2, 0.25) is 0 Å². The summed E-state index contributed by atoms with van der Waals surface area (Å²) in [5, 5.41) is 29.3. The fourth-order valence-corrected chi connectivity index (χ4v) is 8.09. The molecular formula is C39H34B6N2O2. The smallest absolute Gasteiger partial charge is 0.150 e. The monoisotopic (exact) mass is 628 g/mol. The molecule has 0 amide bonds. The molecular weight excluding hydrogens is 593 g/mol. The van der Waals surface area contributed by atoms with Crippen LogP contribution < -0.4 is 32.8 Å². The van der Waals surface area contributed by atoms with Crippen LogP contribution in [0.3, 0.4) is 0 Å². The molecule has 0 spiro atoms. The topological polar surface area (TPSA) is 58.3 Å². The molecule has 8 aromatic rings. The first kappa shape index (κ1) is 31.1. The van der Waals surface area contributed by atoms with Crippen LogP contribution in [-0.2, 0) is 6.42 Å². The number of hydrogen-bond donors (Lipinski definition) is 2. The van der Waals surface area contributed by atoms with E-state index in [1.165, 1.54) is 32.6 Å². The summed E-state index contributed by atoms with van der Waals surface area (Å²) in [5.41, 5.74) is 13.9. The number of phenolic OH excluding ortho intramolecular Hbond substituents is 2. The molecule has 49 heavy (non-hydrogen) atoms. The molecule has 0 fully saturated rings. The number of fused-ring (bicyclic) bond motifs is 4. The van der Waals surface area contributed by atoms with Crippen molar-refractivity contribution in [2.45, 2.75) is 13.3 Å². The standard InChI is InChI=1S/C39H34B6N2O2/c1-2-25-46-23-10-6-7-11-24(23)47(25)22-15-14-19-16-21(13-12-20(19)17-22)27-29-28(32(40)36(44)37(45)33(29)41)26(18-8-4-3-5-9-18)30-31(27)35(43)39(49)38(48)34(30)42/h3-17,48-49H,2,40-45H2,1H3. The van der Waals surface area contributed by atoms with Gasteiger partial charge in [0, 0.05) is 12.1 Å². The van der Waals surface area contributed by atoms with Gasteiger partial charge < -0.3 is 10.2 Å². The van der Waals surface area contributed by atoms with Crippen molar-refractivity contribution in [3.05, 3.63) is 96.8 Å². The molecule has 0 saturated carbocycles. The molecule has 0 aliphatic rings. The Balaban J connectivity index is 1.49. The van der Waals surface area contributed by atoms with E-state index in [0.717, 1.165) is 72.8 Å². The summed E-state index contributed by atoms with van der Waals surface area (Å²) in [5.74, 6) is 0.918. The molecule has 10 heteroatoms. The Bertz CT molecular complexity index is 2610. The highest BCUT2D eigenvalue weighted by atomic mass is 16.3. The number of aryl methyl sites for hydroxylation is 1. The lowest BCUT2D eigenvalue weighted by Gasteiger charge is -2.27. The largest absolute Gasteiger partial charge is 0.505 e. The van der Waals surface area contributed by atoms with Crippen LogP contribution in [0, 0.1) is 0 Å². The molecule has 0 radical (unpaired) electrons. The number of nitrogens with zero attached hydrogens (tertiary/aromatic N) is 2. The van der Waals surface area contributed by atoms with Gasteiger partial charge in [0.15, 0.2) is 11.5 Å². The zero-order valence-electron chi connectivity index (χ0n) is 29.2. The summed E-state index contributed by atoms with van der Waals surface area (Å²) in [7, 11) is 12.7. The third-order valence-corrected chi connectivity index (χ3v) is 11.0. The van der Waals surface area contributed by atoms with Crippen LogP contribution in [-0.4, -0.2) is 66.8 Å². The summed E-state index contributed by atoms with van der Waals surface area (Å²) >= 11 is 0. The molecule has 1 heterocycles. The summed E-state index contributed by atoms with van der Waals surface area (Å²) in [4.78, 5) is 4.91. The normalized spacial score (nSPS) is 11.7. The second-order valence-corrected chi connectivity index (χ2v) is 13.5. The maximum atomic E-state index is 11.4. The van der Waals surface area contributed by atoms with Crippen molar-refractivity contribution in [2.24, 2.45) is 0 Å². The number of imidazole rings is 1. The number of aromatic hydroxyl groups is 2. The molecule has 8 rings (SSSR count). The van der Waals surface area contributed by atoms with Crippen molar-refractivity contribution in [2.75, 3.05) is 0 Å². The minimum Gasteiger partial charge on any atom is -0.505 e. The van der Waals surface area contributed by atoms with Gasteiger partial charge in [-0.2, -0.15) is 0 Å². The number of phenols is 2. The van der Waals surface area contributed by atoms with Gasteiger partial charge in [-0.3, -0.25) is 4.57 Å². The maximum Gasteiger partial charge on any atom is 0.150 e. The fraction of sp³-hybridized carbons (Fsp3) is 0.0513. The van der Waals surface area contributed by atoms with E-state index in [2.05, 4.69) is 122 Å². The number of hydrogen-bond acceptors (Lipinski definition) is 3. The third-order valence-electron chi connectivity index (χ3n) is 11.0. The maximum absolute atomic E-state index is 11.4. The Kier molecular flexibility index (Phi) is 7.26. The summed E-state index contributed by atoms with van der Waals surface area (Å²) in [6, 6.07) is 32.2. The zero-order chi connectivity index (χ0) is 34.3. The molecule has 7 aromatic carbocycles. The molecule has 4 nitrogen and oxygen atoms in total. The summed E-state index contributed by atoms with van der Waals surface area (Å²) in [6.07, 6.45) is 0.837. The van der Waals surface area contributed by atoms with Crippen molar-refractivity contribution in [3.63, 3.8) is 0 Å². The van der Waals surface area contributed by atoms with E-state index in [9.17, 15) is 10.2 Å². The minimum atomic E-state index is -0.0625. The highest BCUT2D eigenvalue weighted by Gasteiger charge is 2.26. The van der Waals surface area contributed by atoms with Crippen LogP contribution in [0.5, 0.6) is 11.5 Å². The van der Waals surface area contributed by atoms with Crippen LogP contribution in [0.4, 0.5) is 0 Å². The van der Waals surface area contributed by atoms with Crippen molar-refractivity contribution in [3.8, 4) is 39.4 Å². The first-order chi connectivity index (χ1) is 23.6. The molecule has 0 atom stereocenters. The van der Waals surface area contributed by atoms with Gasteiger partial charge in [-0.25, -0.2) is 4.98 Å². The fourth-order valence-electron chi connectivity index (χ4n) is 8.09. The van der Waals surface area contributed by atoms with Gasteiger partial charge in [-0.1, -0.05) is 78.5 Å². The number of para-hydroxylation sites is 2. The Morgan fingerprint density at radius 2 is 1.08 bits per heavy atom. The van der Waals surface area contributed by atoms with E-state index in [-0.39, 0.29) is 11.5 Å². The molecule has 1 aromatic heterocycles. The van der Waals surface area contributed by atoms with Crippen LogP contribution in [0.2, 0.25) is 0 Å². The number of benzene rings is 7. The van der Waals surface area contributed by atoms with Gasteiger partial charge in [-0.15, -0.1) is 10.9 Å². The van der Waals surface area contributed by atoms with Crippen molar-refractivity contribution < 1.29 is 10.2 Å². The van der Waals surface area contributed by atoms with Gasteiger partial charge in [0.05, 0.1) is 11.0 Å². The zero-order valence-corrected chi connectivity index (χ0v) is 29.2. The van der Waals surface area contributed by atoms with Gasteiger partial charge in [0.1, 0.15) is 52.9 Å². The van der Waals surface area contributed by atoms with Gasteiger partial charge in [0.25, 0.3) is 0 Å². The van der Waals surface area contributed by atoms with E-state index in [0.29, 0.717) is 10.9 Å². The SMILES string of the molecule is Bc1c(B)c(B)c2c(-c3ccc4cc(-n5c(CC)nc6ccccc65)ccc4c3)c3c(B)c(O)c(O)c(B)c3c(-c3ccccc3)c2c1B. The third kappa shape index (κ3) is 4.50.